The Morgan fingerprint density at radius 2 is 1.60 bits per heavy atom. The third-order valence-corrected chi connectivity index (χ3v) is 7.88. The summed E-state index contributed by atoms with van der Waals surface area (Å²) in [6, 6.07) is 24.4. The number of amides is 1. The number of ether oxygens (including phenoxy) is 2. The number of hydrogen-bond donors (Lipinski definition) is 1. The van der Waals surface area contributed by atoms with Crippen LogP contribution in [0.4, 0.5) is 10.1 Å². The van der Waals surface area contributed by atoms with Crippen LogP contribution in [0, 0.1) is 5.82 Å². The first-order chi connectivity index (χ1) is 20.9. The fraction of sp³-hybridized carbons (Fsp3) is 0.182. The van der Waals surface area contributed by atoms with Crippen LogP contribution in [0.1, 0.15) is 27.2 Å². The van der Waals surface area contributed by atoms with Gasteiger partial charge in [-0.3, -0.25) is 9.36 Å². The van der Waals surface area contributed by atoms with E-state index in [0.717, 1.165) is 11.1 Å². The van der Waals surface area contributed by atoms with Crippen LogP contribution in [0.2, 0.25) is 0 Å². The summed E-state index contributed by atoms with van der Waals surface area (Å²) in [5, 5.41) is 11.4. The van der Waals surface area contributed by atoms with Crippen LogP contribution in [0.25, 0.3) is 22.0 Å². The number of carboxylic acids is 1. The van der Waals surface area contributed by atoms with Gasteiger partial charge in [0.15, 0.2) is 11.5 Å². The van der Waals surface area contributed by atoms with Gasteiger partial charge in [-0.25, -0.2) is 14.2 Å². The second-order valence-electron chi connectivity index (χ2n) is 10.5. The Morgan fingerprint density at radius 3 is 2.37 bits per heavy atom. The summed E-state index contributed by atoms with van der Waals surface area (Å²) in [5.41, 5.74) is 2.23. The van der Waals surface area contributed by atoms with Gasteiger partial charge in [0.2, 0.25) is 12.1 Å². The zero-order valence-electron chi connectivity index (χ0n) is 23.0. The topological polar surface area (TPSA) is 97.1 Å². The number of piperazine rings is 1. The van der Waals surface area contributed by atoms with Crippen molar-refractivity contribution in [2.45, 2.75) is 6.23 Å². The third kappa shape index (κ3) is 5.01. The first-order valence-corrected chi connectivity index (χ1v) is 14.0. The van der Waals surface area contributed by atoms with Crippen LogP contribution in [0.3, 0.4) is 0 Å². The van der Waals surface area contributed by atoms with Crippen molar-refractivity contribution < 1.29 is 28.6 Å². The quantitative estimate of drug-likeness (QED) is 0.295. The highest BCUT2D eigenvalue weighted by molar-refractivity contribution is 6.05. The van der Waals surface area contributed by atoms with E-state index in [1.807, 2.05) is 48.5 Å². The molecule has 216 valence electrons. The third-order valence-electron chi connectivity index (χ3n) is 7.88. The van der Waals surface area contributed by atoms with Crippen LogP contribution >= 0.6 is 0 Å². The van der Waals surface area contributed by atoms with E-state index >= 15 is 0 Å². The zero-order chi connectivity index (χ0) is 29.5. The number of carboxylic acid groups (broad SMARTS) is 1. The van der Waals surface area contributed by atoms with Gasteiger partial charge in [0.05, 0.1) is 11.3 Å². The maximum Gasteiger partial charge on any atom is 0.336 e. The first-order valence-electron chi connectivity index (χ1n) is 14.0. The van der Waals surface area contributed by atoms with Gasteiger partial charge in [0.25, 0.3) is 5.91 Å². The number of carbonyl (C=O) groups excluding carboxylic acids is 1. The first kappa shape index (κ1) is 26.5. The Labute approximate surface area is 246 Å². The number of para-hydroxylation sites is 2. The number of nitrogens with zero attached hydrogens (tertiary/aromatic N) is 4. The van der Waals surface area contributed by atoms with Gasteiger partial charge in [-0.15, -0.1) is 0 Å². The number of aromatic carboxylic acids is 1. The molecular formula is C33H27FN4O5. The number of aromatic nitrogens is 2. The summed E-state index contributed by atoms with van der Waals surface area (Å²) in [5.74, 6) is -0.216. The summed E-state index contributed by atoms with van der Waals surface area (Å²) < 4.78 is 27.5. The molecule has 1 amide bonds. The molecule has 0 saturated carbocycles. The van der Waals surface area contributed by atoms with Gasteiger partial charge in [0.1, 0.15) is 12.4 Å². The van der Waals surface area contributed by atoms with Gasteiger partial charge < -0.3 is 24.4 Å². The van der Waals surface area contributed by atoms with E-state index in [2.05, 4.69) is 4.90 Å². The molecule has 1 aromatic heterocycles. The molecule has 0 spiro atoms. The summed E-state index contributed by atoms with van der Waals surface area (Å²) >= 11 is 0. The number of hydrogen-bond acceptors (Lipinski definition) is 6. The maximum atomic E-state index is 14.0. The lowest BCUT2D eigenvalue weighted by Gasteiger charge is -2.36. The maximum absolute atomic E-state index is 14.0. The predicted octanol–water partition coefficient (Wildman–Crippen LogP) is 5.47. The SMILES string of the molecule is O=C(O)c1cc(N2CCN(C(=O)c3nc(-c4ccc(F)cc4)cn3C3COc4ccccc4O3)CC2)cc2ccccc12. The van der Waals surface area contributed by atoms with Crippen molar-refractivity contribution in [2.24, 2.45) is 0 Å². The number of imidazole rings is 1. The summed E-state index contributed by atoms with van der Waals surface area (Å²) in [6.07, 6.45) is 1.10. The molecule has 5 aromatic rings. The number of fused-ring (bicyclic) bond motifs is 2. The van der Waals surface area contributed by atoms with Crippen LogP contribution in [-0.4, -0.2) is 64.2 Å². The lowest BCUT2D eigenvalue weighted by atomic mass is 10.0. The van der Waals surface area contributed by atoms with Gasteiger partial charge in [-0.1, -0.05) is 36.4 Å². The number of anilines is 1. The highest BCUT2D eigenvalue weighted by atomic mass is 19.1. The van der Waals surface area contributed by atoms with E-state index in [0.29, 0.717) is 54.3 Å². The van der Waals surface area contributed by atoms with E-state index < -0.39 is 12.2 Å². The number of halogens is 1. The normalized spacial score (nSPS) is 16.3. The highest BCUT2D eigenvalue weighted by Crippen LogP contribution is 2.35. The summed E-state index contributed by atoms with van der Waals surface area (Å²) in [4.78, 5) is 34.5. The van der Waals surface area contributed by atoms with Crippen molar-refractivity contribution in [3.8, 4) is 22.8 Å². The van der Waals surface area contributed by atoms with Gasteiger partial charge in [0, 0.05) is 43.6 Å². The smallest absolute Gasteiger partial charge is 0.336 e. The molecule has 2 aliphatic heterocycles. The molecule has 3 heterocycles. The number of rotatable bonds is 5. The average molecular weight is 579 g/mol. The molecular weight excluding hydrogens is 551 g/mol. The Kier molecular flexibility index (Phi) is 6.65. The van der Waals surface area contributed by atoms with E-state index in [1.165, 1.54) is 12.1 Å². The molecule has 2 aliphatic rings. The fourth-order valence-electron chi connectivity index (χ4n) is 5.64. The van der Waals surface area contributed by atoms with Crippen LogP contribution in [0.5, 0.6) is 11.5 Å². The molecule has 10 heteroatoms. The van der Waals surface area contributed by atoms with Crippen molar-refractivity contribution in [1.29, 1.82) is 0 Å². The molecule has 1 unspecified atom stereocenters. The molecule has 1 saturated heterocycles. The van der Waals surface area contributed by atoms with Gasteiger partial charge in [-0.05, 0) is 59.3 Å². The predicted molar refractivity (Wildman–Crippen MR) is 158 cm³/mol. The summed E-state index contributed by atoms with van der Waals surface area (Å²) in [6.45, 7) is 2.05. The Bertz CT molecular complexity index is 1850. The molecule has 0 bridgehead atoms. The van der Waals surface area contributed by atoms with Crippen molar-refractivity contribution in [2.75, 3.05) is 37.7 Å². The lowest BCUT2D eigenvalue weighted by molar-refractivity contribution is 0.0355. The van der Waals surface area contributed by atoms with Crippen molar-refractivity contribution in [3.05, 3.63) is 108 Å². The Balaban J connectivity index is 1.15. The molecule has 1 N–H and O–H groups in total. The number of benzene rings is 4. The fourth-order valence-corrected chi connectivity index (χ4v) is 5.64. The zero-order valence-corrected chi connectivity index (χ0v) is 23.0. The molecule has 43 heavy (non-hydrogen) atoms. The van der Waals surface area contributed by atoms with Crippen molar-refractivity contribution in [1.82, 2.24) is 14.5 Å². The molecule has 1 fully saturated rings. The van der Waals surface area contributed by atoms with Gasteiger partial charge >= 0.3 is 5.97 Å². The van der Waals surface area contributed by atoms with Crippen LogP contribution in [-0.2, 0) is 0 Å². The summed E-state index contributed by atoms with van der Waals surface area (Å²) in [7, 11) is 0. The molecule has 4 aromatic carbocycles. The minimum atomic E-state index is -0.979. The number of carbonyl (C=O) groups is 2. The minimum absolute atomic E-state index is 0.179. The molecule has 0 aliphatic carbocycles. The largest absolute Gasteiger partial charge is 0.484 e. The van der Waals surface area contributed by atoms with Gasteiger partial charge in [-0.2, -0.15) is 0 Å². The molecule has 1 atom stereocenters. The van der Waals surface area contributed by atoms with E-state index in [9.17, 15) is 19.1 Å². The Hall–Kier alpha value is -5.38. The molecule has 9 nitrogen and oxygen atoms in total. The Morgan fingerprint density at radius 1 is 0.884 bits per heavy atom. The standard InChI is InChI=1S/C33H27FN4O5/c34-23-11-9-21(10-12-23)27-19-38(30-20-42-28-7-3-4-8-29(28)43-30)31(35-27)32(39)37-15-13-36(14-16-37)24-17-22-5-1-2-6-25(22)26(18-24)33(40)41/h1-12,17-19,30H,13-16,20H2,(H,40,41). The molecule has 7 rings (SSSR count). The second kappa shape index (κ2) is 10.8. The van der Waals surface area contributed by atoms with E-state index in [4.69, 9.17) is 14.5 Å². The minimum Gasteiger partial charge on any atom is -0.484 e. The van der Waals surface area contributed by atoms with Crippen LogP contribution in [0.15, 0.2) is 91.1 Å². The molecule has 0 radical (unpaired) electrons. The van der Waals surface area contributed by atoms with E-state index in [-0.39, 0.29) is 29.7 Å². The van der Waals surface area contributed by atoms with Crippen molar-refractivity contribution >= 4 is 28.3 Å². The van der Waals surface area contributed by atoms with Crippen LogP contribution < -0.4 is 14.4 Å². The van der Waals surface area contributed by atoms with Crippen molar-refractivity contribution in [3.63, 3.8) is 0 Å². The highest BCUT2D eigenvalue weighted by Gasteiger charge is 2.31. The average Bonchev–Trinajstić information content (AvgIpc) is 3.49. The lowest BCUT2D eigenvalue weighted by Crippen LogP contribution is -2.49. The second-order valence-corrected chi connectivity index (χ2v) is 10.5. The van der Waals surface area contributed by atoms with E-state index in [1.54, 1.807) is 39.9 Å². The monoisotopic (exact) mass is 578 g/mol.